The van der Waals surface area contributed by atoms with Crippen LogP contribution in [-0.2, 0) is 9.53 Å². The number of carbonyl (C=O) groups is 2. The molecule has 24 heavy (non-hydrogen) atoms. The van der Waals surface area contributed by atoms with Crippen molar-refractivity contribution in [3.63, 3.8) is 0 Å². The second kappa shape index (κ2) is 7.94. The molecule has 1 aromatic carbocycles. The van der Waals surface area contributed by atoms with Crippen LogP contribution < -0.4 is 16.0 Å². The highest BCUT2D eigenvalue weighted by atomic mass is 19.1. The zero-order valence-corrected chi connectivity index (χ0v) is 14.4. The lowest BCUT2D eigenvalue weighted by atomic mass is 10.2. The third-order valence-electron chi connectivity index (χ3n) is 2.79. The molecule has 1 atom stereocenters. The van der Waals surface area contributed by atoms with Crippen molar-refractivity contribution in [1.29, 1.82) is 0 Å². The Hall–Kier alpha value is -2.38. The number of carbonyl (C=O) groups excluding carboxylic acids is 2. The van der Waals surface area contributed by atoms with Crippen LogP contribution in [0, 0.1) is 11.6 Å². The number of halogens is 2. The quantitative estimate of drug-likeness (QED) is 0.767. The van der Waals surface area contributed by atoms with Crippen molar-refractivity contribution in [1.82, 2.24) is 5.32 Å². The second-order valence-electron chi connectivity index (χ2n) is 6.20. The predicted molar refractivity (Wildman–Crippen MR) is 88.0 cm³/mol. The summed E-state index contributed by atoms with van der Waals surface area (Å²) in [7, 11) is 0. The van der Waals surface area contributed by atoms with Gasteiger partial charge in [-0.15, -0.1) is 0 Å². The molecule has 0 aliphatic rings. The maximum absolute atomic E-state index is 13.8. The van der Waals surface area contributed by atoms with Crippen LogP contribution in [0.2, 0.25) is 0 Å². The number of hydrogen-bond donors (Lipinski definition) is 3. The summed E-state index contributed by atoms with van der Waals surface area (Å²) in [6.07, 6.45) is -0.762. The number of hydrogen-bond acceptors (Lipinski definition) is 4. The van der Waals surface area contributed by atoms with E-state index in [-0.39, 0.29) is 11.4 Å². The summed E-state index contributed by atoms with van der Waals surface area (Å²) in [6, 6.07) is 0.760. The molecule has 3 N–H and O–H groups in total. The first kappa shape index (κ1) is 19.7. The van der Waals surface area contributed by atoms with Gasteiger partial charge in [-0.25, -0.2) is 13.6 Å². The molecule has 0 saturated heterocycles. The van der Waals surface area contributed by atoms with Crippen molar-refractivity contribution in [2.45, 2.75) is 46.3 Å². The molecule has 0 unspecified atom stereocenters. The van der Waals surface area contributed by atoms with Gasteiger partial charge in [0.2, 0.25) is 5.91 Å². The Bertz CT molecular complexity index is 615. The van der Waals surface area contributed by atoms with E-state index < -0.39 is 35.3 Å². The van der Waals surface area contributed by atoms with E-state index in [1.807, 2.05) is 0 Å². The Morgan fingerprint density at radius 2 is 1.88 bits per heavy atom. The number of nitrogens with one attached hydrogen (secondary N) is 3. The van der Waals surface area contributed by atoms with Crippen LogP contribution in [0.25, 0.3) is 0 Å². The van der Waals surface area contributed by atoms with Crippen LogP contribution in [0.1, 0.15) is 34.6 Å². The Morgan fingerprint density at radius 3 is 2.42 bits per heavy atom. The summed E-state index contributed by atoms with van der Waals surface area (Å²) in [5, 5.41) is 7.47. The van der Waals surface area contributed by atoms with Crippen molar-refractivity contribution >= 4 is 23.4 Å². The van der Waals surface area contributed by atoms with E-state index >= 15 is 0 Å². The fourth-order valence-electron chi connectivity index (χ4n) is 1.82. The van der Waals surface area contributed by atoms with Crippen LogP contribution >= 0.6 is 0 Å². The van der Waals surface area contributed by atoms with E-state index in [1.54, 1.807) is 27.7 Å². The minimum atomic E-state index is -0.958. The molecule has 0 fully saturated rings. The normalized spacial score (nSPS) is 12.3. The Morgan fingerprint density at radius 1 is 1.25 bits per heavy atom. The predicted octanol–water partition coefficient (Wildman–Crippen LogP) is 3.25. The molecule has 0 aliphatic heterocycles. The van der Waals surface area contributed by atoms with Gasteiger partial charge in [-0.05, 0) is 40.7 Å². The van der Waals surface area contributed by atoms with E-state index in [0.717, 1.165) is 12.1 Å². The number of benzene rings is 1. The zero-order chi connectivity index (χ0) is 18.5. The van der Waals surface area contributed by atoms with Crippen molar-refractivity contribution < 1.29 is 23.1 Å². The van der Waals surface area contributed by atoms with E-state index in [0.29, 0.717) is 6.54 Å². The number of amides is 2. The number of anilines is 2. The molecular weight excluding hydrogens is 320 g/mol. The molecular formula is C16H23F2N3O3. The van der Waals surface area contributed by atoms with Gasteiger partial charge in [-0.2, -0.15) is 0 Å². The summed E-state index contributed by atoms with van der Waals surface area (Å²) in [5.41, 5.74) is -0.765. The minimum absolute atomic E-state index is 0.0169. The lowest BCUT2D eigenvalue weighted by molar-refractivity contribution is -0.117. The average molecular weight is 343 g/mol. The molecule has 0 spiro atoms. The first-order valence-corrected chi connectivity index (χ1v) is 7.56. The third kappa shape index (κ3) is 6.02. The summed E-state index contributed by atoms with van der Waals surface area (Å²) >= 11 is 0. The van der Waals surface area contributed by atoms with E-state index in [1.165, 1.54) is 6.92 Å². The topological polar surface area (TPSA) is 79.5 Å². The van der Waals surface area contributed by atoms with Gasteiger partial charge in [-0.1, -0.05) is 0 Å². The molecule has 0 aromatic heterocycles. The van der Waals surface area contributed by atoms with Crippen molar-refractivity contribution in [2.75, 3.05) is 17.2 Å². The van der Waals surface area contributed by atoms with Gasteiger partial charge in [0.05, 0.1) is 11.4 Å². The highest BCUT2D eigenvalue weighted by Gasteiger charge is 2.22. The fourth-order valence-corrected chi connectivity index (χ4v) is 1.82. The maximum atomic E-state index is 13.8. The van der Waals surface area contributed by atoms with Crippen molar-refractivity contribution in [3.8, 4) is 0 Å². The second-order valence-corrected chi connectivity index (χ2v) is 6.20. The lowest BCUT2D eigenvalue weighted by Crippen LogP contribution is -2.44. The van der Waals surface area contributed by atoms with Gasteiger partial charge in [0.25, 0.3) is 0 Å². The van der Waals surface area contributed by atoms with Gasteiger partial charge in [0, 0.05) is 12.6 Å². The smallest absolute Gasteiger partial charge is 0.408 e. The molecule has 6 nitrogen and oxygen atoms in total. The first-order valence-electron chi connectivity index (χ1n) is 7.56. The maximum Gasteiger partial charge on any atom is 0.408 e. The number of alkyl carbamates (subject to hydrolysis) is 1. The molecule has 0 radical (unpaired) electrons. The first-order chi connectivity index (χ1) is 11.0. The summed E-state index contributed by atoms with van der Waals surface area (Å²) < 4.78 is 32.2. The molecule has 0 heterocycles. The molecule has 0 saturated carbocycles. The SMILES string of the molecule is CCNc1c(F)cc(F)cc1NC(=O)[C@H](C)NC(=O)OC(C)(C)C. The largest absolute Gasteiger partial charge is 0.444 e. The van der Waals surface area contributed by atoms with E-state index in [9.17, 15) is 18.4 Å². The van der Waals surface area contributed by atoms with E-state index in [2.05, 4.69) is 16.0 Å². The standard InChI is InChI=1S/C16H23F2N3O3/c1-6-19-13-11(18)7-10(17)8-12(13)21-14(22)9(2)20-15(23)24-16(3,4)5/h7-9,19H,6H2,1-5H3,(H,20,23)(H,21,22)/t9-/m0/s1. The highest BCUT2D eigenvalue weighted by Crippen LogP contribution is 2.26. The van der Waals surface area contributed by atoms with Crippen LogP contribution in [0.4, 0.5) is 25.0 Å². The van der Waals surface area contributed by atoms with Crippen LogP contribution in [0.3, 0.4) is 0 Å². The van der Waals surface area contributed by atoms with Gasteiger partial charge in [0.1, 0.15) is 17.5 Å². The average Bonchev–Trinajstić information content (AvgIpc) is 2.40. The van der Waals surface area contributed by atoms with Crippen molar-refractivity contribution in [2.24, 2.45) is 0 Å². The fraction of sp³-hybridized carbons (Fsp3) is 0.500. The highest BCUT2D eigenvalue weighted by molar-refractivity contribution is 5.98. The number of rotatable bonds is 5. The molecule has 1 rings (SSSR count). The number of ether oxygens (including phenoxy) is 1. The Kier molecular flexibility index (Phi) is 6.51. The van der Waals surface area contributed by atoms with Gasteiger partial charge >= 0.3 is 6.09 Å². The molecule has 134 valence electrons. The van der Waals surface area contributed by atoms with Gasteiger partial charge < -0.3 is 20.7 Å². The Balaban J connectivity index is 2.82. The van der Waals surface area contributed by atoms with Crippen LogP contribution in [-0.4, -0.2) is 30.2 Å². The molecule has 2 amide bonds. The lowest BCUT2D eigenvalue weighted by Gasteiger charge is -2.22. The van der Waals surface area contributed by atoms with Crippen molar-refractivity contribution in [3.05, 3.63) is 23.8 Å². The monoisotopic (exact) mass is 343 g/mol. The summed E-state index contributed by atoms with van der Waals surface area (Å²) in [6.45, 7) is 8.63. The third-order valence-corrected chi connectivity index (χ3v) is 2.79. The van der Waals surface area contributed by atoms with Crippen LogP contribution in [0.5, 0.6) is 0 Å². The van der Waals surface area contributed by atoms with E-state index in [4.69, 9.17) is 4.74 Å². The van der Waals surface area contributed by atoms with Crippen LogP contribution in [0.15, 0.2) is 12.1 Å². The minimum Gasteiger partial charge on any atom is -0.444 e. The summed E-state index contributed by atoms with van der Waals surface area (Å²) in [5.74, 6) is -2.28. The Labute approximate surface area is 139 Å². The molecule has 1 aromatic rings. The van der Waals surface area contributed by atoms with Gasteiger partial charge in [-0.3, -0.25) is 4.79 Å². The molecule has 0 aliphatic carbocycles. The zero-order valence-electron chi connectivity index (χ0n) is 14.4. The molecule has 8 heteroatoms. The summed E-state index contributed by atoms with van der Waals surface area (Å²) in [4.78, 5) is 23.8. The van der Waals surface area contributed by atoms with Gasteiger partial charge in [0.15, 0.2) is 5.82 Å². The molecule has 0 bridgehead atoms.